The number of aliphatic hydroxyl groups is 1. The number of pyridine rings is 8. The third kappa shape index (κ3) is 34.6. The number of methoxy groups -OCH3 is 9. The zero-order valence-corrected chi connectivity index (χ0v) is 71.2. The number of aromatic nitrogens is 8. The Balaban J connectivity index is 0.000000602. The zero-order chi connectivity index (χ0) is 79.9. The molecule has 1 atom stereocenters. The Bertz CT molecular complexity index is 4370. The minimum Gasteiger partial charge on any atom is -0.495 e. The maximum Gasteiger partial charge on any atom is 0.339 e. The summed E-state index contributed by atoms with van der Waals surface area (Å²) in [6.07, 6.45) is 12.8. The van der Waals surface area contributed by atoms with Crippen LogP contribution in [0.25, 0.3) is 0 Å². The van der Waals surface area contributed by atoms with Gasteiger partial charge in [0.05, 0.1) is 169 Å². The van der Waals surface area contributed by atoms with Gasteiger partial charge in [0, 0.05) is 33.4 Å². The number of rotatable bonds is 20. The summed E-state index contributed by atoms with van der Waals surface area (Å²) in [5.41, 5.74) is 3.24. The highest BCUT2D eigenvalue weighted by molar-refractivity contribution is 9.11. The van der Waals surface area contributed by atoms with E-state index >= 15 is 0 Å². The second kappa shape index (κ2) is 49.2. The van der Waals surface area contributed by atoms with Gasteiger partial charge < -0.3 is 63.1 Å². The molecule has 1 unspecified atom stereocenters. The summed E-state index contributed by atoms with van der Waals surface area (Å²) in [4.78, 5) is 85.6. The lowest BCUT2D eigenvalue weighted by atomic mass is 9.85. The smallest absolute Gasteiger partial charge is 0.339 e. The third-order valence-electron chi connectivity index (χ3n) is 12.6. The number of carboxylic acid groups (broad SMARTS) is 3. The van der Waals surface area contributed by atoms with Crippen LogP contribution in [0.5, 0.6) is 40.2 Å². The van der Waals surface area contributed by atoms with E-state index < -0.39 is 39.3 Å². The van der Waals surface area contributed by atoms with Crippen LogP contribution in [0.2, 0.25) is 0 Å². The van der Waals surface area contributed by atoms with E-state index in [-0.39, 0.29) is 54.4 Å². The van der Waals surface area contributed by atoms with E-state index in [0.29, 0.717) is 88.9 Å². The van der Waals surface area contributed by atoms with Crippen LogP contribution >= 0.6 is 127 Å². The highest BCUT2D eigenvalue weighted by Crippen LogP contribution is 2.34. The number of aromatic carboxylic acids is 2. The average Bonchev–Trinajstić information content (AvgIpc) is 0.802. The van der Waals surface area contributed by atoms with Gasteiger partial charge in [-0.2, -0.15) is 13.7 Å². The Labute approximate surface area is 670 Å². The van der Waals surface area contributed by atoms with Gasteiger partial charge in [0.25, 0.3) is 10.1 Å². The Hall–Kier alpha value is -7.72. The Morgan fingerprint density at radius 1 is 0.495 bits per heavy atom. The van der Waals surface area contributed by atoms with Crippen LogP contribution in [-0.4, -0.2) is 169 Å². The lowest BCUT2D eigenvalue weighted by Gasteiger charge is -2.23. The number of carbonyl (C=O) groups excluding carboxylic acids is 2. The van der Waals surface area contributed by atoms with Gasteiger partial charge in [-0.25, -0.2) is 53.9 Å². The normalized spacial score (nSPS) is 10.4. The minimum absolute atomic E-state index is 0.0374. The Morgan fingerprint density at radius 2 is 0.848 bits per heavy atom. The van der Waals surface area contributed by atoms with E-state index in [9.17, 15) is 36.8 Å². The topological polar surface area (TPSA) is 420 Å². The number of hydrogen-bond donors (Lipinski definition) is 4. The van der Waals surface area contributed by atoms with E-state index in [1.165, 1.54) is 60.2 Å². The van der Waals surface area contributed by atoms with E-state index in [1.54, 1.807) is 110 Å². The Morgan fingerprint density at radius 3 is 1.25 bits per heavy atom. The first-order chi connectivity index (χ1) is 49.4. The number of ether oxygens (including phenoxy) is 9. The molecule has 0 aliphatic carbocycles. The van der Waals surface area contributed by atoms with Crippen molar-refractivity contribution in [1.29, 1.82) is 5.26 Å². The van der Waals surface area contributed by atoms with Gasteiger partial charge >= 0.3 is 29.8 Å². The second-order valence-electron chi connectivity index (χ2n) is 19.9. The molecule has 0 amide bonds. The quantitative estimate of drug-likeness (QED) is 0.0313. The molecule has 8 aromatic rings. The van der Waals surface area contributed by atoms with E-state index in [2.05, 4.69) is 182 Å². The molecule has 4 N–H and O–H groups in total. The zero-order valence-electron chi connectivity index (χ0n) is 57.7. The first-order valence-corrected chi connectivity index (χ1v) is 36.9. The average molecular weight is 2000 g/mol. The SMILES string of the molecule is COC(=O)C(C)(C)c1cc(Br)ncc1OC.COC(=O)C(C)c1cc(Br)ncc1OC.COc1cnc(Br)cc1C(=O)O.COc1cnc(Br)cc1CC#N.COc1cnc(Br)cc1CC(=O)O.COc1cnc(Br)cc1CO.COc1cnc(Br)cc1COS(C)(=O)=O.O=C(O)c1cc(Br)ncc1F. The largest absolute Gasteiger partial charge is 0.495 e. The molecule has 40 heteroatoms. The molecule has 0 spiro atoms. The van der Waals surface area contributed by atoms with Crippen LogP contribution in [0.4, 0.5) is 4.39 Å². The fourth-order valence-corrected chi connectivity index (χ4v) is 10.7. The summed E-state index contributed by atoms with van der Waals surface area (Å²) >= 11 is 25.2. The maximum absolute atomic E-state index is 12.6. The molecule has 0 aliphatic rings. The van der Waals surface area contributed by atoms with Crippen molar-refractivity contribution in [2.45, 2.75) is 58.2 Å². The molecule has 8 rings (SSSR count). The summed E-state index contributed by atoms with van der Waals surface area (Å²) in [7, 11) is 9.83. The van der Waals surface area contributed by atoms with Crippen molar-refractivity contribution < 1.29 is 104 Å². The van der Waals surface area contributed by atoms with Crippen molar-refractivity contribution in [2.75, 3.05) is 70.2 Å². The molecule has 8 aromatic heterocycles. The van der Waals surface area contributed by atoms with Gasteiger partial charge in [-0.05, 0) is 197 Å². The number of nitrogens with zero attached hydrogens (tertiary/aromatic N) is 9. The van der Waals surface area contributed by atoms with Gasteiger partial charge in [0.1, 0.15) is 76.9 Å². The summed E-state index contributed by atoms with van der Waals surface area (Å²) < 4.78 is 88.0. The van der Waals surface area contributed by atoms with Crippen LogP contribution in [0, 0.1) is 17.1 Å². The highest BCUT2D eigenvalue weighted by atomic mass is 79.9. The minimum atomic E-state index is -3.45. The standard InChI is InChI=1S/C11H14BrNO3.C10H12BrNO3.C8H7BrN2O.C8H10BrNO4S.C8H8BrNO3.C7H6BrNO3.C7H8BrNO2.C6H3BrFNO2/c1-11(2,10(14)16-4)7-5-9(12)13-6-8(7)15-3;1-6(10(13)15-3)7-4-9(11)12-5-8(7)14-2;1-12-7-5-11-8(9)4-6(7)2-3-10;1-13-7-4-10-8(9)3-6(7)5-14-15(2,11)12;1-13-6-4-10-7(9)2-5(6)3-8(11)12;1-12-5-3-9-6(8)2-4(5)7(10)11;1-11-6-3-9-7(8)2-5(6)4-10;7-5-1-3(6(10)11)4(8)2-9-5/h5-6H,1-4H3;4-6H,1-3H3;4-5H,2H2,1H3;3-4H,5H2,1-2H3;2,4H,3H2,1H3,(H,11,12);2-3H,1H3,(H,10,11);2-3,10H,4H2,1H3;1-2H,(H,10,11). The lowest BCUT2D eigenvalue weighted by Crippen LogP contribution is -2.30. The summed E-state index contributed by atoms with van der Waals surface area (Å²) in [6, 6.07) is 14.8. The number of aliphatic carboxylic acids is 1. The molecule has 30 nitrogen and oxygen atoms in total. The molecule has 8 heterocycles. The predicted molar refractivity (Wildman–Crippen MR) is 407 cm³/mol. The molecular formula is C65H68Br8FN9O21S. The van der Waals surface area contributed by atoms with Gasteiger partial charge in [0.15, 0.2) is 11.6 Å². The van der Waals surface area contributed by atoms with Crippen molar-refractivity contribution >= 4 is 167 Å². The molecule has 0 aliphatic heterocycles. The number of nitriles is 1. The highest BCUT2D eigenvalue weighted by Gasteiger charge is 2.34. The van der Waals surface area contributed by atoms with Gasteiger partial charge in [0.2, 0.25) is 0 Å². The fraction of sp³-hybridized carbons (Fsp3) is 0.292. The van der Waals surface area contributed by atoms with Gasteiger partial charge in [-0.15, -0.1) is 0 Å². The molecule has 568 valence electrons. The molecule has 0 aromatic carbocycles. The predicted octanol–water partition coefficient (Wildman–Crippen LogP) is 13.7. The molecule has 0 saturated heterocycles. The maximum atomic E-state index is 12.6. The first-order valence-electron chi connectivity index (χ1n) is 28.7. The summed E-state index contributed by atoms with van der Waals surface area (Å²) in [6.45, 7) is 5.22. The van der Waals surface area contributed by atoms with Crippen LogP contribution in [0.3, 0.4) is 0 Å². The molecule has 0 saturated carbocycles. The molecular weight excluding hydrogens is 1930 g/mol. The number of hydrogen-bond acceptors (Lipinski definition) is 27. The lowest BCUT2D eigenvalue weighted by molar-refractivity contribution is -0.146. The van der Waals surface area contributed by atoms with Crippen molar-refractivity contribution in [1.82, 2.24) is 39.9 Å². The van der Waals surface area contributed by atoms with Crippen molar-refractivity contribution in [2.24, 2.45) is 0 Å². The summed E-state index contributed by atoms with van der Waals surface area (Å²) in [5.74, 6) is -1.40. The van der Waals surface area contributed by atoms with Crippen molar-refractivity contribution in [3.05, 3.63) is 185 Å². The molecule has 105 heavy (non-hydrogen) atoms. The number of esters is 2. The number of carbonyl (C=O) groups is 5. The van der Waals surface area contributed by atoms with Crippen LogP contribution in [0.1, 0.15) is 80.8 Å². The van der Waals surface area contributed by atoms with Crippen LogP contribution in [-0.2, 0) is 69.6 Å². The van der Waals surface area contributed by atoms with Crippen molar-refractivity contribution in [3.8, 4) is 46.3 Å². The van der Waals surface area contributed by atoms with Gasteiger partial charge in [-0.1, -0.05) is 0 Å². The number of carboxylic acids is 3. The van der Waals surface area contributed by atoms with Crippen LogP contribution in [0.15, 0.2) is 135 Å². The molecule has 0 bridgehead atoms. The van der Waals surface area contributed by atoms with E-state index in [4.69, 9.17) is 63.6 Å². The first kappa shape index (κ1) is 95.3. The Kier molecular flexibility index (Phi) is 44.7. The summed E-state index contributed by atoms with van der Waals surface area (Å²) in [5, 5.41) is 43.0. The third-order valence-corrected chi connectivity index (χ3v) is 16.6. The monoisotopic (exact) mass is 1990 g/mol. The van der Waals surface area contributed by atoms with Crippen LogP contribution < -0.4 is 33.2 Å². The number of aliphatic hydroxyl groups excluding tert-OH is 1. The second-order valence-corrected chi connectivity index (χ2v) is 28.1. The van der Waals surface area contributed by atoms with Gasteiger partial charge in [-0.3, -0.25) is 18.6 Å². The molecule has 0 radical (unpaired) electrons. The van der Waals surface area contributed by atoms with E-state index in [0.717, 1.165) is 40.8 Å². The fourth-order valence-electron chi connectivity index (χ4n) is 7.49. The number of halogens is 9. The van der Waals surface area contributed by atoms with E-state index in [1.807, 2.05) is 0 Å². The van der Waals surface area contributed by atoms with Crippen molar-refractivity contribution in [3.63, 3.8) is 0 Å². The molecule has 0 fully saturated rings.